The molecular weight excluding hydrogens is 130 g/mol. The molecule has 0 saturated heterocycles. The van der Waals surface area contributed by atoms with Crippen molar-refractivity contribution < 1.29 is 9.53 Å². The zero-order valence-electron chi connectivity index (χ0n) is 6.44. The van der Waals surface area contributed by atoms with Gasteiger partial charge in [0.25, 0.3) is 0 Å². The first kappa shape index (κ1) is 7.54. The number of rotatable bonds is 3. The first-order valence-electron chi connectivity index (χ1n) is 3.63. The van der Waals surface area contributed by atoms with E-state index in [0.717, 1.165) is 19.4 Å². The smallest absolute Gasteiger partial charge is 0.304 e. The van der Waals surface area contributed by atoms with Gasteiger partial charge in [0.15, 0.2) is 5.72 Å². The summed E-state index contributed by atoms with van der Waals surface area (Å²) in [6.07, 6.45) is 1.92. The Bertz CT molecular complexity index is 141. The molecule has 10 heavy (non-hydrogen) atoms. The SMILES string of the molecule is CCNC1(OC(C)=O)CC1. The first-order valence-corrected chi connectivity index (χ1v) is 3.63. The molecule has 0 aromatic carbocycles. The fourth-order valence-electron chi connectivity index (χ4n) is 1.03. The molecule has 3 nitrogen and oxygen atoms in total. The van der Waals surface area contributed by atoms with Crippen LogP contribution in [0.2, 0.25) is 0 Å². The van der Waals surface area contributed by atoms with E-state index < -0.39 is 0 Å². The summed E-state index contributed by atoms with van der Waals surface area (Å²) in [5.41, 5.74) is -0.277. The molecule has 1 saturated carbocycles. The molecule has 58 valence electrons. The molecule has 0 spiro atoms. The quantitative estimate of drug-likeness (QED) is 0.465. The highest BCUT2D eigenvalue weighted by Gasteiger charge is 2.45. The predicted octanol–water partition coefficient (Wildman–Crippen LogP) is 0.649. The van der Waals surface area contributed by atoms with E-state index in [4.69, 9.17) is 4.74 Å². The van der Waals surface area contributed by atoms with Crippen LogP contribution >= 0.6 is 0 Å². The van der Waals surface area contributed by atoms with Gasteiger partial charge in [0.1, 0.15) is 0 Å². The molecule has 0 aromatic heterocycles. The van der Waals surface area contributed by atoms with E-state index in [-0.39, 0.29) is 11.7 Å². The molecule has 3 heteroatoms. The van der Waals surface area contributed by atoms with Gasteiger partial charge in [-0.15, -0.1) is 0 Å². The van der Waals surface area contributed by atoms with Gasteiger partial charge in [-0.3, -0.25) is 10.1 Å². The van der Waals surface area contributed by atoms with Crippen LogP contribution in [-0.4, -0.2) is 18.2 Å². The lowest BCUT2D eigenvalue weighted by Gasteiger charge is -2.15. The van der Waals surface area contributed by atoms with Gasteiger partial charge in [-0.1, -0.05) is 6.92 Å². The van der Waals surface area contributed by atoms with Gasteiger partial charge in [0, 0.05) is 19.8 Å². The second kappa shape index (κ2) is 2.58. The molecule has 0 aliphatic heterocycles. The first-order chi connectivity index (χ1) is 4.68. The summed E-state index contributed by atoms with van der Waals surface area (Å²) >= 11 is 0. The molecule has 1 N–H and O–H groups in total. The molecule has 1 rings (SSSR count). The van der Waals surface area contributed by atoms with Crippen molar-refractivity contribution in [3.8, 4) is 0 Å². The second-order valence-corrected chi connectivity index (χ2v) is 2.62. The van der Waals surface area contributed by atoms with Crippen molar-refractivity contribution in [3.63, 3.8) is 0 Å². The van der Waals surface area contributed by atoms with Gasteiger partial charge in [-0.05, 0) is 6.54 Å². The van der Waals surface area contributed by atoms with Crippen LogP contribution in [0.3, 0.4) is 0 Å². The van der Waals surface area contributed by atoms with Crippen LogP contribution in [0.4, 0.5) is 0 Å². The van der Waals surface area contributed by atoms with Crippen molar-refractivity contribution >= 4 is 5.97 Å². The number of carbonyl (C=O) groups excluding carboxylic acids is 1. The average molecular weight is 143 g/mol. The average Bonchev–Trinajstić information content (AvgIpc) is 2.47. The second-order valence-electron chi connectivity index (χ2n) is 2.62. The summed E-state index contributed by atoms with van der Waals surface area (Å²) in [5.74, 6) is -0.196. The number of carbonyl (C=O) groups is 1. The maximum absolute atomic E-state index is 10.5. The van der Waals surface area contributed by atoms with E-state index in [1.807, 2.05) is 6.92 Å². The van der Waals surface area contributed by atoms with Gasteiger partial charge in [-0.2, -0.15) is 0 Å². The van der Waals surface area contributed by atoms with E-state index in [2.05, 4.69) is 5.32 Å². The third-order valence-electron chi connectivity index (χ3n) is 1.54. The van der Waals surface area contributed by atoms with Crippen LogP contribution in [0, 0.1) is 0 Å². The van der Waals surface area contributed by atoms with Crippen molar-refractivity contribution in [2.24, 2.45) is 0 Å². The van der Waals surface area contributed by atoms with E-state index in [9.17, 15) is 4.79 Å². The highest BCUT2D eigenvalue weighted by Crippen LogP contribution is 2.36. The maximum Gasteiger partial charge on any atom is 0.304 e. The number of esters is 1. The highest BCUT2D eigenvalue weighted by atomic mass is 16.6. The summed E-state index contributed by atoms with van der Waals surface area (Å²) in [4.78, 5) is 10.5. The Morgan fingerprint density at radius 1 is 1.70 bits per heavy atom. The van der Waals surface area contributed by atoms with E-state index >= 15 is 0 Å². The van der Waals surface area contributed by atoms with Gasteiger partial charge >= 0.3 is 5.97 Å². The number of hydrogen-bond acceptors (Lipinski definition) is 3. The molecule has 0 radical (unpaired) electrons. The fraction of sp³-hybridized carbons (Fsp3) is 0.857. The highest BCUT2D eigenvalue weighted by molar-refractivity contribution is 5.66. The summed E-state index contributed by atoms with van der Waals surface area (Å²) in [6.45, 7) is 4.30. The van der Waals surface area contributed by atoms with Gasteiger partial charge < -0.3 is 4.74 Å². The molecule has 0 aromatic rings. The number of ether oxygens (including phenoxy) is 1. The lowest BCUT2D eigenvalue weighted by Crippen LogP contribution is -2.35. The van der Waals surface area contributed by atoms with Crippen LogP contribution in [0.15, 0.2) is 0 Å². The van der Waals surface area contributed by atoms with Crippen molar-refractivity contribution in [2.75, 3.05) is 6.54 Å². The molecule has 0 bridgehead atoms. The molecule has 0 amide bonds. The van der Waals surface area contributed by atoms with Crippen LogP contribution in [0.1, 0.15) is 26.7 Å². The number of nitrogens with one attached hydrogen (secondary N) is 1. The van der Waals surface area contributed by atoms with Gasteiger partial charge in [0.05, 0.1) is 0 Å². The third kappa shape index (κ3) is 1.70. The fourth-order valence-corrected chi connectivity index (χ4v) is 1.03. The Morgan fingerprint density at radius 3 is 2.60 bits per heavy atom. The van der Waals surface area contributed by atoms with Crippen LogP contribution in [0.5, 0.6) is 0 Å². The summed E-state index contributed by atoms with van der Waals surface area (Å²) in [5, 5.41) is 3.12. The van der Waals surface area contributed by atoms with Crippen LogP contribution < -0.4 is 5.32 Å². The number of hydrogen-bond donors (Lipinski definition) is 1. The zero-order chi connectivity index (χ0) is 7.61. The third-order valence-corrected chi connectivity index (χ3v) is 1.54. The summed E-state index contributed by atoms with van der Waals surface area (Å²) in [6, 6.07) is 0. The van der Waals surface area contributed by atoms with E-state index in [0.29, 0.717) is 0 Å². The molecular formula is C7H13NO2. The molecule has 1 aliphatic carbocycles. The van der Waals surface area contributed by atoms with Crippen molar-refractivity contribution in [3.05, 3.63) is 0 Å². The zero-order valence-corrected chi connectivity index (χ0v) is 6.44. The standard InChI is InChI=1S/C7H13NO2/c1-3-8-7(4-5-7)10-6(2)9/h8H,3-5H2,1-2H3. The van der Waals surface area contributed by atoms with Crippen LogP contribution in [-0.2, 0) is 9.53 Å². The van der Waals surface area contributed by atoms with Crippen molar-refractivity contribution in [1.82, 2.24) is 5.32 Å². The Kier molecular flexibility index (Phi) is 1.94. The minimum Gasteiger partial charge on any atom is -0.444 e. The molecule has 0 unspecified atom stereocenters. The topological polar surface area (TPSA) is 38.3 Å². The van der Waals surface area contributed by atoms with Crippen LogP contribution in [0.25, 0.3) is 0 Å². The molecule has 1 fully saturated rings. The maximum atomic E-state index is 10.5. The lowest BCUT2D eigenvalue weighted by atomic mass is 10.5. The van der Waals surface area contributed by atoms with Crippen molar-refractivity contribution in [2.45, 2.75) is 32.4 Å². The van der Waals surface area contributed by atoms with E-state index in [1.165, 1.54) is 6.92 Å². The van der Waals surface area contributed by atoms with E-state index in [1.54, 1.807) is 0 Å². The van der Waals surface area contributed by atoms with Crippen molar-refractivity contribution in [1.29, 1.82) is 0 Å². The Labute approximate surface area is 60.7 Å². The monoisotopic (exact) mass is 143 g/mol. The largest absolute Gasteiger partial charge is 0.444 e. The normalized spacial score (nSPS) is 20.2. The minimum absolute atomic E-state index is 0.196. The lowest BCUT2D eigenvalue weighted by molar-refractivity contribution is -0.150. The Balaban J connectivity index is 2.30. The molecule has 0 heterocycles. The Hall–Kier alpha value is -0.570. The predicted molar refractivity (Wildman–Crippen MR) is 37.4 cm³/mol. The Morgan fingerprint density at radius 2 is 2.30 bits per heavy atom. The minimum atomic E-state index is -0.277. The summed E-state index contributed by atoms with van der Waals surface area (Å²) < 4.78 is 5.04. The molecule has 0 atom stereocenters. The van der Waals surface area contributed by atoms with Gasteiger partial charge in [-0.25, -0.2) is 0 Å². The summed E-state index contributed by atoms with van der Waals surface area (Å²) in [7, 11) is 0. The van der Waals surface area contributed by atoms with Gasteiger partial charge in [0.2, 0.25) is 0 Å². The molecule has 1 aliphatic rings.